The summed E-state index contributed by atoms with van der Waals surface area (Å²) in [5, 5.41) is 18.0. The van der Waals surface area contributed by atoms with E-state index in [1.807, 2.05) is 0 Å². The maximum absolute atomic E-state index is 12.1. The van der Waals surface area contributed by atoms with E-state index in [9.17, 15) is 19.5 Å². The highest BCUT2D eigenvalue weighted by Crippen LogP contribution is 2.28. The summed E-state index contributed by atoms with van der Waals surface area (Å²) in [5.41, 5.74) is -0.617. The van der Waals surface area contributed by atoms with E-state index in [0.717, 1.165) is 25.0 Å². The number of amides is 1. The van der Waals surface area contributed by atoms with Crippen molar-refractivity contribution in [1.82, 2.24) is 9.88 Å². The molecule has 0 unspecified atom stereocenters. The van der Waals surface area contributed by atoms with Crippen molar-refractivity contribution >= 4 is 11.9 Å². The highest BCUT2D eigenvalue weighted by atomic mass is 16.4. The third kappa shape index (κ3) is 2.68. The number of nitrogens with one attached hydrogen (secondary N) is 1. The van der Waals surface area contributed by atoms with Gasteiger partial charge in [-0.25, -0.2) is 0 Å². The average molecular weight is 252 g/mol. The first kappa shape index (κ1) is 12.2. The second kappa shape index (κ2) is 4.52. The monoisotopic (exact) mass is 252 g/mol. The normalized spacial score (nSPS) is 14.2. The summed E-state index contributed by atoms with van der Waals surface area (Å²) in [4.78, 5) is 37.2. The Morgan fingerprint density at radius 1 is 1.39 bits per heavy atom. The van der Waals surface area contributed by atoms with Crippen molar-refractivity contribution in [2.24, 2.45) is 0 Å². The average Bonchev–Trinajstić information content (AvgIpc) is 3.07. The molecule has 7 heteroatoms. The molecule has 1 amide bonds. The fraction of sp³-hybridized carbons (Fsp3) is 0.364. The van der Waals surface area contributed by atoms with Gasteiger partial charge in [-0.15, -0.1) is 0 Å². The van der Waals surface area contributed by atoms with Gasteiger partial charge in [0, 0.05) is 18.2 Å². The molecule has 0 aliphatic heterocycles. The lowest BCUT2D eigenvalue weighted by atomic mass is 10.2. The summed E-state index contributed by atoms with van der Waals surface area (Å²) in [6.45, 7) is -0.406. The first-order valence-electron chi connectivity index (χ1n) is 5.43. The summed E-state index contributed by atoms with van der Waals surface area (Å²) in [6, 6.07) is 2.07. The van der Waals surface area contributed by atoms with E-state index in [4.69, 9.17) is 5.11 Å². The molecule has 96 valence electrons. The predicted octanol–water partition coefficient (Wildman–Crippen LogP) is -0.230. The van der Waals surface area contributed by atoms with E-state index in [0.29, 0.717) is 0 Å². The highest BCUT2D eigenvalue weighted by molar-refractivity contribution is 5.96. The van der Waals surface area contributed by atoms with Gasteiger partial charge in [0.25, 0.3) is 11.5 Å². The molecule has 1 aliphatic carbocycles. The zero-order valence-corrected chi connectivity index (χ0v) is 9.42. The molecule has 1 aliphatic rings. The van der Waals surface area contributed by atoms with Crippen molar-refractivity contribution in [2.75, 3.05) is 6.54 Å². The van der Waals surface area contributed by atoms with Crippen LogP contribution >= 0.6 is 0 Å². The van der Waals surface area contributed by atoms with Crippen LogP contribution in [0.15, 0.2) is 16.9 Å². The second-order valence-corrected chi connectivity index (χ2v) is 4.18. The van der Waals surface area contributed by atoms with Crippen molar-refractivity contribution in [3.8, 4) is 5.88 Å². The maximum Gasteiger partial charge on any atom is 0.323 e. The van der Waals surface area contributed by atoms with Gasteiger partial charge in [-0.3, -0.25) is 19.4 Å². The minimum absolute atomic E-state index is 0.00981. The number of carboxylic acid groups (broad SMARTS) is 1. The van der Waals surface area contributed by atoms with Crippen LogP contribution in [0, 0.1) is 0 Å². The fourth-order valence-corrected chi connectivity index (χ4v) is 1.72. The van der Waals surface area contributed by atoms with Gasteiger partial charge >= 0.3 is 5.97 Å². The molecule has 0 atom stereocenters. The number of aliphatic carboxylic acids is 1. The topological polar surface area (TPSA) is 111 Å². The van der Waals surface area contributed by atoms with Crippen LogP contribution in [0.25, 0.3) is 0 Å². The Bertz CT molecular complexity index is 547. The highest BCUT2D eigenvalue weighted by Gasteiger charge is 2.34. The summed E-state index contributed by atoms with van der Waals surface area (Å²) in [5.74, 6) is -2.08. The first-order chi connectivity index (χ1) is 8.47. The Balaban J connectivity index is 2.27. The van der Waals surface area contributed by atoms with Gasteiger partial charge in [0.1, 0.15) is 6.54 Å². The van der Waals surface area contributed by atoms with E-state index in [1.165, 1.54) is 4.90 Å². The minimum Gasteiger partial charge on any atom is -0.494 e. The van der Waals surface area contributed by atoms with Gasteiger partial charge in [-0.1, -0.05) is 0 Å². The molecule has 3 N–H and O–H groups in total. The summed E-state index contributed by atoms with van der Waals surface area (Å²) < 4.78 is 0. The number of rotatable bonds is 4. The Morgan fingerprint density at radius 3 is 2.56 bits per heavy atom. The van der Waals surface area contributed by atoms with Crippen LogP contribution in [0.4, 0.5) is 0 Å². The number of carbonyl (C=O) groups is 2. The smallest absolute Gasteiger partial charge is 0.323 e. The molecule has 18 heavy (non-hydrogen) atoms. The van der Waals surface area contributed by atoms with Crippen LogP contribution in [-0.2, 0) is 4.79 Å². The number of H-pyrrole nitrogens is 1. The number of aromatic amines is 1. The molecule has 0 spiro atoms. The van der Waals surface area contributed by atoms with Crippen molar-refractivity contribution in [2.45, 2.75) is 18.9 Å². The third-order valence-corrected chi connectivity index (χ3v) is 2.63. The Kier molecular flexibility index (Phi) is 3.05. The van der Waals surface area contributed by atoms with E-state index in [1.54, 1.807) is 0 Å². The Hall–Kier alpha value is -2.31. The maximum atomic E-state index is 12.1. The molecule has 1 fully saturated rings. The lowest BCUT2D eigenvalue weighted by Crippen LogP contribution is -2.37. The summed E-state index contributed by atoms with van der Waals surface area (Å²) >= 11 is 0. The SMILES string of the molecule is O=C(O)CN(C(=O)c1cc(O)[nH]c(=O)c1)C1CC1. The van der Waals surface area contributed by atoms with Crippen LogP contribution in [-0.4, -0.2) is 44.6 Å². The van der Waals surface area contributed by atoms with E-state index in [-0.39, 0.29) is 11.6 Å². The molecule has 7 nitrogen and oxygen atoms in total. The summed E-state index contributed by atoms with van der Waals surface area (Å²) in [6.07, 6.45) is 1.52. The largest absolute Gasteiger partial charge is 0.494 e. The predicted molar refractivity (Wildman–Crippen MR) is 60.4 cm³/mol. The van der Waals surface area contributed by atoms with E-state index in [2.05, 4.69) is 4.98 Å². The van der Waals surface area contributed by atoms with Crippen LogP contribution < -0.4 is 5.56 Å². The van der Waals surface area contributed by atoms with Gasteiger partial charge in [-0.05, 0) is 12.8 Å². The molecule has 1 aromatic heterocycles. The molecule has 0 radical (unpaired) electrons. The third-order valence-electron chi connectivity index (χ3n) is 2.63. The standard InChI is InChI=1S/C11H12N2O5/c14-8-3-6(4-9(15)12-8)11(18)13(5-10(16)17)7-1-2-7/h3-4,7H,1-2,5H2,(H,16,17)(H2,12,14,15). The molecule has 2 rings (SSSR count). The van der Waals surface area contributed by atoms with Crippen LogP contribution in [0.2, 0.25) is 0 Å². The number of hydrogen-bond donors (Lipinski definition) is 3. The van der Waals surface area contributed by atoms with Gasteiger partial charge in [0.05, 0.1) is 5.56 Å². The molecule has 0 saturated heterocycles. The number of nitrogens with zero attached hydrogens (tertiary/aromatic N) is 1. The van der Waals surface area contributed by atoms with Crippen molar-refractivity contribution in [3.63, 3.8) is 0 Å². The van der Waals surface area contributed by atoms with Gasteiger partial charge in [0.15, 0.2) is 5.88 Å². The fourth-order valence-electron chi connectivity index (χ4n) is 1.72. The van der Waals surface area contributed by atoms with Crippen molar-refractivity contribution < 1.29 is 19.8 Å². The molecular formula is C11H12N2O5. The number of carboxylic acids is 1. The minimum atomic E-state index is -1.11. The molecule has 1 heterocycles. The molecular weight excluding hydrogens is 240 g/mol. The quantitative estimate of drug-likeness (QED) is 0.685. The van der Waals surface area contributed by atoms with Crippen LogP contribution in [0.5, 0.6) is 5.88 Å². The van der Waals surface area contributed by atoms with Crippen molar-refractivity contribution in [3.05, 3.63) is 28.0 Å². The molecule has 1 aromatic rings. The molecule has 0 bridgehead atoms. The zero-order chi connectivity index (χ0) is 13.3. The van der Waals surface area contributed by atoms with Gasteiger partial charge in [0.2, 0.25) is 0 Å². The number of pyridine rings is 1. The second-order valence-electron chi connectivity index (χ2n) is 4.18. The number of carbonyl (C=O) groups excluding carboxylic acids is 1. The number of aromatic hydroxyl groups is 1. The lowest BCUT2D eigenvalue weighted by molar-refractivity contribution is -0.137. The lowest BCUT2D eigenvalue weighted by Gasteiger charge is -2.20. The van der Waals surface area contributed by atoms with Gasteiger partial charge in [-0.2, -0.15) is 0 Å². The van der Waals surface area contributed by atoms with Gasteiger partial charge < -0.3 is 15.1 Å². The van der Waals surface area contributed by atoms with Crippen molar-refractivity contribution in [1.29, 1.82) is 0 Å². The number of aromatic nitrogens is 1. The Labute approximate surface area is 102 Å². The summed E-state index contributed by atoms with van der Waals surface area (Å²) in [7, 11) is 0. The van der Waals surface area contributed by atoms with E-state index < -0.39 is 29.9 Å². The number of hydrogen-bond acceptors (Lipinski definition) is 4. The molecule has 0 aromatic carbocycles. The zero-order valence-electron chi connectivity index (χ0n) is 9.42. The molecule has 1 saturated carbocycles. The van der Waals surface area contributed by atoms with Crippen LogP contribution in [0.1, 0.15) is 23.2 Å². The van der Waals surface area contributed by atoms with Crippen LogP contribution in [0.3, 0.4) is 0 Å². The first-order valence-corrected chi connectivity index (χ1v) is 5.43. The van der Waals surface area contributed by atoms with E-state index >= 15 is 0 Å². The Morgan fingerprint density at radius 2 is 2.06 bits per heavy atom.